The average Bonchev–Trinajstić information content (AvgIpc) is 2.58. The summed E-state index contributed by atoms with van der Waals surface area (Å²) in [5.41, 5.74) is -1.11. The van der Waals surface area contributed by atoms with Crippen molar-refractivity contribution >= 4 is 15.7 Å². The van der Waals surface area contributed by atoms with E-state index in [2.05, 4.69) is 12.2 Å². The van der Waals surface area contributed by atoms with Gasteiger partial charge in [-0.15, -0.1) is 0 Å². The fraction of sp³-hybridized carbons (Fsp3) is 0.706. The van der Waals surface area contributed by atoms with Gasteiger partial charge in [0.2, 0.25) is 5.91 Å². The molecule has 2 rings (SSSR count). The summed E-state index contributed by atoms with van der Waals surface area (Å²) in [6.07, 6.45) is 4.01. The van der Waals surface area contributed by atoms with Gasteiger partial charge in [-0.1, -0.05) is 19.8 Å². The van der Waals surface area contributed by atoms with Crippen molar-refractivity contribution in [1.82, 2.24) is 14.5 Å². The van der Waals surface area contributed by atoms with E-state index in [0.717, 1.165) is 40.9 Å². The highest BCUT2D eigenvalue weighted by atomic mass is 32.2. The van der Waals surface area contributed by atoms with Gasteiger partial charge in [0.15, 0.2) is 9.84 Å². The van der Waals surface area contributed by atoms with E-state index < -0.39 is 38.0 Å². The summed E-state index contributed by atoms with van der Waals surface area (Å²) in [5, 5.41) is 1.60. The van der Waals surface area contributed by atoms with Gasteiger partial charge in [-0.05, 0) is 25.7 Å². The normalized spacial score (nSPS) is 22.0. The largest absolute Gasteiger partial charge is 0.352 e. The van der Waals surface area contributed by atoms with Crippen molar-refractivity contribution in [2.75, 3.05) is 0 Å². The van der Waals surface area contributed by atoms with E-state index in [1.54, 1.807) is 0 Å². The van der Waals surface area contributed by atoms with Crippen LogP contribution in [0.25, 0.3) is 0 Å². The van der Waals surface area contributed by atoms with Crippen molar-refractivity contribution in [3.8, 4) is 0 Å². The average molecular weight is 385 g/mol. The van der Waals surface area contributed by atoms with Crippen LogP contribution in [0.2, 0.25) is 0 Å². The Bertz CT molecular complexity index is 900. The van der Waals surface area contributed by atoms with Crippen LogP contribution in [0.5, 0.6) is 0 Å². The molecule has 1 aromatic heterocycles. The van der Waals surface area contributed by atoms with Crippen LogP contribution in [-0.4, -0.2) is 34.8 Å². The Labute approximate surface area is 153 Å². The number of nitrogens with one attached hydrogen (secondary N) is 1. The molecule has 1 amide bonds. The molecule has 26 heavy (non-hydrogen) atoms. The minimum atomic E-state index is -3.87. The molecule has 1 N–H and O–H groups in total. The van der Waals surface area contributed by atoms with Gasteiger partial charge in [0.1, 0.15) is 5.25 Å². The minimum absolute atomic E-state index is 0.0118. The van der Waals surface area contributed by atoms with Gasteiger partial charge >= 0.3 is 5.69 Å². The second kappa shape index (κ2) is 7.77. The maximum Gasteiger partial charge on any atom is 0.330 e. The number of rotatable bonds is 5. The zero-order valence-electron chi connectivity index (χ0n) is 15.7. The third-order valence-electron chi connectivity index (χ3n) is 5.32. The number of carbonyl (C=O) groups excluding carboxylic acids is 1. The summed E-state index contributed by atoms with van der Waals surface area (Å²) in [5.74, 6) is -0.748. The SMILES string of the molecule is C[C@@H]1CCCC[C@@H]1NC(=O)[C@@H](C)S(=O)(=O)Cc1cc(=O)n(C)c(=O)n1C. The van der Waals surface area contributed by atoms with Crippen molar-refractivity contribution in [1.29, 1.82) is 0 Å². The molecule has 0 aromatic carbocycles. The first kappa shape index (κ1) is 20.4. The second-order valence-corrected chi connectivity index (χ2v) is 9.52. The third-order valence-corrected chi connectivity index (χ3v) is 7.31. The van der Waals surface area contributed by atoms with Gasteiger partial charge in [-0.2, -0.15) is 0 Å². The van der Waals surface area contributed by atoms with E-state index >= 15 is 0 Å². The smallest absolute Gasteiger partial charge is 0.330 e. The predicted octanol–water partition coefficient (Wildman–Crippen LogP) is 0.0822. The molecule has 0 spiro atoms. The lowest BCUT2D eigenvalue weighted by atomic mass is 9.86. The topological polar surface area (TPSA) is 107 Å². The molecule has 0 saturated heterocycles. The fourth-order valence-electron chi connectivity index (χ4n) is 3.24. The Morgan fingerprint density at radius 3 is 2.46 bits per heavy atom. The van der Waals surface area contributed by atoms with Crippen LogP contribution in [0.15, 0.2) is 15.7 Å². The van der Waals surface area contributed by atoms with Gasteiger partial charge in [0.05, 0.1) is 5.75 Å². The fourth-order valence-corrected chi connectivity index (χ4v) is 4.58. The Hall–Kier alpha value is -1.90. The summed E-state index contributed by atoms with van der Waals surface area (Å²) in [6.45, 7) is 3.40. The maximum absolute atomic E-state index is 12.6. The first-order valence-corrected chi connectivity index (χ1v) is 10.5. The van der Waals surface area contributed by atoms with Gasteiger partial charge < -0.3 is 5.32 Å². The highest BCUT2D eigenvalue weighted by Gasteiger charge is 2.32. The van der Waals surface area contributed by atoms with Crippen molar-refractivity contribution in [2.45, 2.75) is 56.6 Å². The molecule has 0 radical (unpaired) electrons. The first-order valence-electron chi connectivity index (χ1n) is 8.82. The lowest BCUT2D eigenvalue weighted by Gasteiger charge is -2.30. The Kier molecular flexibility index (Phi) is 6.10. The molecule has 1 aliphatic rings. The van der Waals surface area contributed by atoms with E-state index in [9.17, 15) is 22.8 Å². The zero-order chi connectivity index (χ0) is 19.6. The number of hydrogen-bond acceptors (Lipinski definition) is 5. The number of amides is 1. The summed E-state index contributed by atoms with van der Waals surface area (Å²) in [7, 11) is -1.14. The number of carbonyl (C=O) groups is 1. The standard InChI is InChI=1S/C17H27N3O5S/c1-11-7-5-6-8-14(11)18-16(22)12(2)26(24,25)10-13-9-15(21)20(4)17(23)19(13)3/h9,11-12,14H,5-8,10H2,1-4H3,(H,18,22)/t11-,12-,14+/m1/s1. The lowest BCUT2D eigenvalue weighted by molar-refractivity contribution is -0.121. The Morgan fingerprint density at radius 1 is 1.23 bits per heavy atom. The van der Waals surface area contributed by atoms with E-state index in [1.165, 1.54) is 21.0 Å². The number of hydrogen-bond donors (Lipinski definition) is 1. The second-order valence-electron chi connectivity index (χ2n) is 7.20. The summed E-state index contributed by atoms with van der Waals surface area (Å²) >= 11 is 0. The lowest BCUT2D eigenvalue weighted by Crippen LogP contribution is -2.47. The summed E-state index contributed by atoms with van der Waals surface area (Å²) in [4.78, 5) is 36.2. The molecular formula is C17H27N3O5S. The van der Waals surface area contributed by atoms with Crippen molar-refractivity contribution in [2.24, 2.45) is 20.0 Å². The molecule has 8 nitrogen and oxygen atoms in total. The number of sulfone groups is 1. The molecule has 1 saturated carbocycles. The third kappa shape index (κ3) is 4.25. The molecule has 0 unspecified atom stereocenters. The minimum Gasteiger partial charge on any atom is -0.352 e. The number of aromatic nitrogens is 2. The molecule has 1 fully saturated rings. The van der Waals surface area contributed by atoms with Gasteiger partial charge in [0.25, 0.3) is 5.56 Å². The highest BCUT2D eigenvalue weighted by molar-refractivity contribution is 7.92. The molecule has 3 atom stereocenters. The van der Waals surface area contributed by atoms with Crippen molar-refractivity contribution in [3.63, 3.8) is 0 Å². The van der Waals surface area contributed by atoms with Crippen LogP contribution in [0.4, 0.5) is 0 Å². The Balaban J connectivity index is 2.18. The maximum atomic E-state index is 12.6. The molecule has 1 aliphatic carbocycles. The monoisotopic (exact) mass is 385 g/mol. The summed E-state index contributed by atoms with van der Waals surface area (Å²) < 4.78 is 27.3. The summed E-state index contributed by atoms with van der Waals surface area (Å²) in [6, 6.07) is 1.11. The molecular weight excluding hydrogens is 358 g/mol. The van der Waals surface area contributed by atoms with E-state index in [1.807, 2.05) is 0 Å². The van der Waals surface area contributed by atoms with Gasteiger partial charge in [0, 0.05) is 31.9 Å². The molecule has 1 heterocycles. The van der Waals surface area contributed by atoms with Crippen LogP contribution < -0.4 is 16.6 Å². The Morgan fingerprint density at radius 2 is 1.85 bits per heavy atom. The molecule has 0 aliphatic heterocycles. The molecule has 0 bridgehead atoms. The highest BCUT2D eigenvalue weighted by Crippen LogP contribution is 2.24. The number of nitrogens with zero attached hydrogens (tertiary/aromatic N) is 2. The zero-order valence-corrected chi connectivity index (χ0v) is 16.5. The molecule has 9 heteroatoms. The van der Waals surface area contributed by atoms with E-state index in [4.69, 9.17) is 0 Å². The molecule has 1 aromatic rings. The van der Waals surface area contributed by atoms with Gasteiger partial charge in [-0.3, -0.25) is 18.7 Å². The van der Waals surface area contributed by atoms with E-state index in [0.29, 0.717) is 5.92 Å². The van der Waals surface area contributed by atoms with Crippen LogP contribution in [0.3, 0.4) is 0 Å². The predicted molar refractivity (Wildman–Crippen MR) is 98.6 cm³/mol. The van der Waals surface area contributed by atoms with E-state index in [-0.39, 0.29) is 11.7 Å². The van der Waals surface area contributed by atoms with Crippen LogP contribution in [-0.2, 0) is 34.5 Å². The quantitative estimate of drug-likeness (QED) is 0.772. The first-order chi connectivity index (χ1) is 12.0. The van der Waals surface area contributed by atoms with Crippen molar-refractivity contribution in [3.05, 3.63) is 32.6 Å². The van der Waals surface area contributed by atoms with Gasteiger partial charge in [-0.25, -0.2) is 13.2 Å². The van der Waals surface area contributed by atoms with Crippen LogP contribution in [0.1, 0.15) is 45.2 Å². The molecule has 146 valence electrons. The van der Waals surface area contributed by atoms with Crippen LogP contribution in [0, 0.1) is 5.92 Å². The van der Waals surface area contributed by atoms with Crippen LogP contribution >= 0.6 is 0 Å². The van der Waals surface area contributed by atoms with Crippen molar-refractivity contribution < 1.29 is 13.2 Å².